The largest absolute Gasteiger partial charge is 0.406 e. The van der Waals surface area contributed by atoms with Crippen LogP contribution in [0.2, 0.25) is 0 Å². The smallest absolute Gasteiger partial charge is 0.394 e. The number of alkyl halides is 3. The first-order chi connectivity index (χ1) is 9.03. The van der Waals surface area contributed by atoms with E-state index in [1.54, 1.807) is 11.4 Å². The lowest BCUT2D eigenvalue weighted by Gasteiger charge is -2.25. The van der Waals surface area contributed by atoms with Crippen molar-refractivity contribution in [2.75, 3.05) is 13.2 Å². The highest BCUT2D eigenvalue weighted by atomic mass is 19.4. The van der Waals surface area contributed by atoms with E-state index in [0.717, 1.165) is 0 Å². The average molecular weight is 252 g/mol. The second-order valence-electron chi connectivity index (χ2n) is 3.27. The monoisotopic (exact) mass is 252 g/mol. The molecule has 0 heterocycles. The van der Waals surface area contributed by atoms with E-state index in [1.807, 2.05) is 0 Å². The predicted octanol–water partition coefficient (Wildman–Crippen LogP) is 1.23. The molecule has 0 aromatic heterocycles. The molecule has 0 fully saturated rings. The van der Waals surface area contributed by atoms with E-state index in [-0.39, 0.29) is 5.56 Å². The summed E-state index contributed by atoms with van der Waals surface area (Å²) in [7, 11) is 0. The van der Waals surface area contributed by atoms with Crippen molar-refractivity contribution in [2.45, 2.75) is 18.2 Å². The van der Waals surface area contributed by atoms with Crippen LogP contribution in [0, 0.1) is 0 Å². The normalized spacial score (nSPS) is 20.9. The number of nitrogens with one attached hydrogen (secondary N) is 1. The number of benzene rings is 1. The summed E-state index contributed by atoms with van der Waals surface area (Å²) >= 11 is 0. The summed E-state index contributed by atoms with van der Waals surface area (Å²) in [6.45, 7) is -4.68. The molecule has 6 heteroatoms. The molecule has 96 valence electrons. The van der Waals surface area contributed by atoms with Gasteiger partial charge in [0.15, 0.2) is 0 Å². The first kappa shape index (κ1) is 9.87. The molecule has 1 aromatic rings. The van der Waals surface area contributed by atoms with Crippen molar-refractivity contribution < 1.29 is 27.5 Å². The van der Waals surface area contributed by atoms with E-state index in [0.29, 0.717) is 0 Å². The summed E-state index contributed by atoms with van der Waals surface area (Å²) in [4.78, 5) is 0. The topological polar surface area (TPSA) is 52.5 Å². The van der Waals surface area contributed by atoms with Crippen LogP contribution in [0.4, 0.5) is 13.2 Å². The van der Waals surface area contributed by atoms with E-state index in [1.165, 1.54) is 24.3 Å². The highest BCUT2D eigenvalue weighted by molar-refractivity contribution is 5.19. The molecule has 0 aliphatic heterocycles. The van der Waals surface area contributed by atoms with Gasteiger partial charge < -0.3 is 10.2 Å². The first-order valence-corrected chi connectivity index (χ1v) is 4.75. The predicted molar refractivity (Wildman–Crippen MR) is 56.3 cm³/mol. The van der Waals surface area contributed by atoms with Crippen LogP contribution in [0.25, 0.3) is 0 Å². The molecule has 1 aromatic carbocycles. The Labute approximate surface area is 101 Å². The minimum absolute atomic E-state index is 0.236. The number of rotatable bonds is 5. The Bertz CT molecular complexity index is 423. The minimum atomic E-state index is -5.38. The fourth-order valence-electron chi connectivity index (χ4n) is 1.27. The molecule has 0 aliphatic carbocycles. The molecule has 17 heavy (non-hydrogen) atoms. The van der Waals surface area contributed by atoms with Gasteiger partial charge in [0.2, 0.25) is 0 Å². The van der Waals surface area contributed by atoms with Crippen LogP contribution in [0.5, 0.6) is 0 Å². The van der Waals surface area contributed by atoms with Gasteiger partial charge in [0, 0.05) is 0 Å². The van der Waals surface area contributed by atoms with Gasteiger partial charge in [0.1, 0.15) is 6.02 Å². The summed E-state index contributed by atoms with van der Waals surface area (Å²) in [5, 5.41) is 19.8. The molecule has 0 aliphatic rings. The number of aliphatic hydroxyl groups is 2. The summed E-state index contributed by atoms with van der Waals surface area (Å²) in [6.07, 6.45) is -5.38. The van der Waals surface area contributed by atoms with Gasteiger partial charge >= 0.3 is 6.18 Å². The molecular formula is C11H14F3NO2. The van der Waals surface area contributed by atoms with Gasteiger partial charge in [-0.2, -0.15) is 13.2 Å². The van der Waals surface area contributed by atoms with Crippen LogP contribution in [0.15, 0.2) is 30.3 Å². The molecular weight excluding hydrogens is 235 g/mol. The molecule has 1 rings (SSSR count). The third-order valence-electron chi connectivity index (χ3n) is 2.10. The standard InChI is InChI=1S/C11H14F3NO2/c12-11(13,14)10(7-17)15-9(6-16)8-4-2-1-3-5-8/h1-5,9-10,15-17H,6-7H2/t9-,10+/m1/s1/i7D2,10D. The van der Waals surface area contributed by atoms with Crippen LogP contribution in [-0.4, -0.2) is 35.6 Å². The van der Waals surface area contributed by atoms with E-state index >= 15 is 0 Å². The summed E-state index contributed by atoms with van der Waals surface area (Å²) < 4.78 is 59.6. The molecule has 3 N–H and O–H groups in total. The van der Waals surface area contributed by atoms with Crippen molar-refractivity contribution in [3.8, 4) is 0 Å². The third kappa shape index (κ3) is 3.99. The Morgan fingerprint density at radius 1 is 1.29 bits per heavy atom. The molecule has 0 bridgehead atoms. The van der Waals surface area contributed by atoms with Gasteiger partial charge in [-0.25, -0.2) is 0 Å². The minimum Gasteiger partial charge on any atom is -0.394 e. The molecule has 2 atom stereocenters. The molecule has 0 amide bonds. The third-order valence-corrected chi connectivity index (χ3v) is 2.10. The molecule has 0 radical (unpaired) electrons. The number of halogens is 3. The van der Waals surface area contributed by atoms with Crippen LogP contribution in [0.1, 0.15) is 15.7 Å². The van der Waals surface area contributed by atoms with Gasteiger partial charge in [-0.15, -0.1) is 0 Å². The van der Waals surface area contributed by atoms with E-state index in [2.05, 4.69) is 0 Å². The van der Waals surface area contributed by atoms with Crippen LogP contribution >= 0.6 is 0 Å². The number of aliphatic hydroxyl groups excluding tert-OH is 1. The molecule has 0 unspecified atom stereocenters. The van der Waals surface area contributed by atoms with Crippen LogP contribution in [-0.2, 0) is 0 Å². The van der Waals surface area contributed by atoms with Gasteiger partial charge in [-0.1, -0.05) is 30.3 Å². The Hall–Kier alpha value is -1.11. The Morgan fingerprint density at radius 2 is 1.88 bits per heavy atom. The highest BCUT2D eigenvalue weighted by Crippen LogP contribution is 2.23. The average Bonchev–Trinajstić information content (AvgIpc) is 2.34. The quantitative estimate of drug-likeness (QED) is 0.739. The van der Waals surface area contributed by atoms with Gasteiger partial charge in [0.25, 0.3) is 0 Å². The molecule has 0 saturated carbocycles. The van der Waals surface area contributed by atoms with E-state index in [4.69, 9.17) is 14.3 Å². The van der Waals surface area contributed by atoms with Crippen LogP contribution in [0.3, 0.4) is 0 Å². The van der Waals surface area contributed by atoms with Gasteiger partial charge in [0.05, 0.1) is 23.3 Å². The fourth-order valence-corrected chi connectivity index (χ4v) is 1.27. The van der Waals surface area contributed by atoms with Gasteiger partial charge in [-0.3, -0.25) is 5.32 Å². The maximum absolute atomic E-state index is 12.9. The number of hydrogen-bond acceptors (Lipinski definition) is 3. The maximum Gasteiger partial charge on any atom is 0.406 e. The fraction of sp³-hybridized carbons (Fsp3) is 0.455. The molecule has 0 spiro atoms. The Kier molecular flexibility index (Phi) is 3.48. The molecule has 3 nitrogen and oxygen atoms in total. The lowest BCUT2D eigenvalue weighted by Crippen LogP contribution is -2.47. The van der Waals surface area contributed by atoms with Crippen molar-refractivity contribution in [2.24, 2.45) is 0 Å². The summed E-state index contributed by atoms with van der Waals surface area (Å²) in [5.41, 5.74) is 0.236. The zero-order chi connectivity index (χ0) is 15.6. The first-order valence-electron chi connectivity index (χ1n) is 6.25. The highest BCUT2D eigenvalue weighted by Gasteiger charge is 2.40. The Morgan fingerprint density at radius 3 is 2.29 bits per heavy atom. The van der Waals surface area contributed by atoms with E-state index < -0.39 is 31.4 Å². The maximum atomic E-state index is 12.9. The van der Waals surface area contributed by atoms with Crippen molar-refractivity contribution in [3.05, 3.63) is 35.9 Å². The lowest BCUT2D eigenvalue weighted by molar-refractivity contribution is -0.166. The zero-order valence-corrected chi connectivity index (χ0v) is 8.70. The van der Waals surface area contributed by atoms with Crippen molar-refractivity contribution in [1.29, 1.82) is 0 Å². The lowest BCUT2D eigenvalue weighted by atomic mass is 10.1. The van der Waals surface area contributed by atoms with Crippen molar-refractivity contribution in [1.82, 2.24) is 5.32 Å². The van der Waals surface area contributed by atoms with Crippen molar-refractivity contribution in [3.63, 3.8) is 0 Å². The zero-order valence-electron chi connectivity index (χ0n) is 11.7. The summed E-state index contributed by atoms with van der Waals surface area (Å²) in [5.74, 6) is 0. The van der Waals surface area contributed by atoms with Gasteiger partial charge in [-0.05, 0) is 5.56 Å². The second-order valence-corrected chi connectivity index (χ2v) is 3.27. The second kappa shape index (κ2) is 6.00. The van der Waals surface area contributed by atoms with Crippen molar-refractivity contribution >= 4 is 0 Å². The Balaban J connectivity index is 3.13. The SMILES string of the molecule is [2H]C([2H])(O)[C@]([2H])(N[C@H](CO)c1ccccc1)C(F)(F)F. The van der Waals surface area contributed by atoms with E-state index in [9.17, 15) is 13.2 Å². The number of hydrogen-bond donors (Lipinski definition) is 3. The summed E-state index contributed by atoms with van der Waals surface area (Å²) in [6, 6.07) is 2.16. The molecule has 0 saturated heterocycles. The van der Waals surface area contributed by atoms with Crippen LogP contribution < -0.4 is 5.32 Å².